The average molecular weight is 296 g/mol. The van der Waals surface area contributed by atoms with E-state index < -0.39 is 0 Å². The highest BCUT2D eigenvalue weighted by Crippen LogP contribution is 2.33. The second-order valence-corrected chi connectivity index (χ2v) is 5.88. The molecule has 2 rings (SSSR count). The summed E-state index contributed by atoms with van der Waals surface area (Å²) >= 11 is 2.78. The van der Waals surface area contributed by atoms with Gasteiger partial charge in [-0.3, -0.25) is 0 Å². The molecule has 100 valence electrons. The van der Waals surface area contributed by atoms with Gasteiger partial charge in [-0.25, -0.2) is 4.98 Å². The molecule has 0 aliphatic heterocycles. The van der Waals surface area contributed by atoms with Crippen molar-refractivity contribution in [3.8, 4) is 0 Å². The molecule has 2 aromatic heterocycles. The van der Waals surface area contributed by atoms with Gasteiger partial charge >= 0.3 is 0 Å². The third kappa shape index (κ3) is 3.12. The molecule has 2 aromatic rings. The smallest absolute Gasteiger partial charge is 0.208 e. The molecule has 0 aliphatic carbocycles. The molecule has 0 bridgehead atoms. The summed E-state index contributed by atoms with van der Waals surface area (Å²) < 4.78 is 0.745. The first kappa shape index (κ1) is 13.6. The Labute approximate surface area is 118 Å². The van der Waals surface area contributed by atoms with Crippen molar-refractivity contribution in [2.75, 3.05) is 19.0 Å². The van der Waals surface area contributed by atoms with E-state index in [2.05, 4.69) is 20.3 Å². The van der Waals surface area contributed by atoms with Gasteiger partial charge in [0.2, 0.25) is 5.13 Å². The molecule has 19 heavy (non-hydrogen) atoms. The van der Waals surface area contributed by atoms with E-state index >= 15 is 0 Å². The van der Waals surface area contributed by atoms with Crippen LogP contribution in [-0.4, -0.2) is 40.3 Å². The first-order chi connectivity index (χ1) is 9.11. The van der Waals surface area contributed by atoms with Gasteiger partial charge in [0, 0.05) is 20.3 Å². The zero-order valence-corrected chi connectivity index (χ0v) is 11.9. The summed E-state index contributed by atoms with van der Waals surface area (Å²) in [7, 11) is 3.80. The molecule has 0 aromatic carbocycles. The summed E-state index contributed by atoms with van der Waals surface area (Å²) in [4.78, 5) is 6.09. The van der Waals surface area contributed by atoms with Crippen LogP contribution in [0.1, 0.15) is 5.56 Å². The van der Waals surface area contributed by atoms with Gasteiger partial charge in [-0.1, -0.05) is 16.5 Å². The molecule has 0 amide bonds. The summed E-state index contributed by atoms with van der Waals surface area (Å²) in [6, 6.07) is 3.46. The van der Waals surface area contributed by atoms with Crippen LogP contribution in [0.25, 0.3) is 0 Å². The van der Waals surface area contributed by atoms with Crippen LogP contribution in [-0.2, 0) is 0 Å². The number of aromatic nitrogens is 3. The third-order valence-electron chi connectivity index (χ3n) is 2.12. The fraction of sp³-hybridized carbons (Fsp3) is 0.200. The number of nitrogens with zero attached hydrogens (tertiary/aromatic N) is 5. The fourth-order valence-corrected chi connectivity index (χ4v) is 3.00. The minimum absolute atomic E-state index is 0.0212. The Morgan fingerprint density at radius 2 is 2.26 bits per heavy atom. The van der Waals surface area contributed by atoms with Gasteiger partial charge in [0.05, 0.1) is 5.56 Å². The van der Waals surface area contributed by atoms with Crippen LogP contribution < -0.4 is 10.6 Å². The largest absolute Gasteiger partial charge is 0.409 e. The maximum Gasteiger partial charge on any atom is 0.208 e. The van der Waals surface area contributed by atoms with E-state index in [4.69, 9.17) is 10.9 Å². The number of oxime groups is 1. The molecule has 0 saturated heterocycles. The van der Waals surface area contributed by atoms with Crippen LogP contribution in [0.5, 0.6) is 0 Å². The maximum atomic E-state index is 8.75. The molecule has 0 spiro atoms. The van der Waals surface area contributed by atoms with Crippen molar-refractivity contribution in [1.82, 2.24) is 15.2 Å². The topological polar surface area (TPSA) is 101 Å². The van der Waals surface area contributed by atoms with E-state index in [1.807, 2.05) is 19.0 Å². The SMILES string of the molecule is CN(C)c1nnc(Sc2ncccc2/C(N)=N/O)s1. The summed E-state index contributed by atoms with van der Waals surface area (Å²) in [5.74, 6) is 0.0212. The van der Waals surface area contributed by atoms with E-state index in [1.165, 1.54) is 23.1 Å². The molecule has 9 heteroatoms. The molecule has 0 radical (unpaired) electrons. The first-order valence-electron chi connectivity index (χ1n) is 5.23. The lowest BCUT2D eigenvalue weighted by atomic mass is 10.3. The molecule has 0 unspecified atom stereocenters. The van der Waals surface area contributed by atoms with E-state index in [1.54, 1.807) is 18.3 Å². The highest BCUT2D eigenvalue weighted by atomic mass is 32.2. The van der Waals surface area contributed by atoms with Gasteiger partial charge in [-0.15, -0.1) is 10.2 Å². The number of anilines is 1. The third-order valence-corrected chi connectivity index (χ3v) is 4.28. The Balaban J connectivity index is 2.28. The van der Waals surface area contributed by atoms with E-state index in [9.17, 15) is 0 Å². The fourth-order valence-electron chi connectivity index (χ4n) is 1.23. The zero-order chi connectivity index (χ0) is 13.8. The molecule has 0 saturated carbocycles. The van der Waals surface area contributed by atoms with Crippen molar-refractivity contribution in [3.63, 3.8) is 0 Å². The Morgan fingerprint density at radius 1 is 1.47 bits per heavy atom. The van der Waals surface area contributed by atoms with Gasteiger partial charge in [-0.05, 0) is 23.9 Å². The molecule has 0 aliphatic rings. The second-order valence-electron chi connectivity index (χ2n) is 3.69. The lowest BCUT2D eigenvalue weighted by Crippen LogP contribution is -2.14. The van der Waals surface area contributed by atoms with Crippen molar-refractivity contribution in [2.24, 2.45) is 10.9 Å². The summed E-state index contributed by atoms with van der Waals surface area (Å²) in [6.45, 7) is 0. The lowest BCUT2D eigenvalue weighted by Gasteiger charge is -2.04. The van der Waals surface area contributed by atoms with E-state index in [0.29, 0.717) is 10.6 Å². The van der Waals surface area contributed by atoms with Crippen molar-refractivity contribution >= 4 is 34.1 Å². The molecular weight excluding hydrogens is 284 g/mol. The van der Waals surface area contributed by atoms with Crippen molar-refractivity contribution < 1.29 is 5.21 Å². The van der Waals surface area contributed by atoms with Gasteiger partial charge in [0.1, 0.15) is 5.03 Å². The molecule has 0 atom stereocenters. The number of hydrogen-bond acceptors (Lipinski definition) is 8. The van der Waals surface area contributed by atoms with Crippen LogP contribution >= 0.6 is 23.1 Å². The summed E-state index contributed by atoms with van der Waals surface area (Å²) in [6.07, 6.45) is 1.64. The number of nitrogens with two attached hydrogens (primary N) is 1. The average Bonchev–Trinajstić information content (AvgIpc) is 2.87. The normalized spacial score (nSPS) is 11.6. The van der Waals surface area contributed by atoms with Gasteiger partial charge in [0.15, 0.2) is 10.2 Å². The molecule has 7 nitrogen and oxygen atoms in total. The van der Waals surface area contributed by atoms with Gasteiger partial charge in [0.25, 0.3) is 0 Å². The quantitative estimate of drug-likeness (QED) is 0.379. The molecule has 3 N–H and O–H groups in total. The predicted octanol–water partition coefficient (Wildman–Crippen LogP) is 1.24. The Morgan fingerprint density at radius 3 is 2.89 bits per heavy atom. The highest BCUT2D eigenvalue weighted by molar-refractivity contribution is 8.01. The number of rotatable bonds is 4. The standard InChI is InChI=1S/C10H12N6OS2/c1-16(2)9-13-14-10(19-9)18-8-6(7(11)15-17)4-3-5-12-8/h3-5,17H,1-2H3,(H2,11,15). The first-order valence-corrected chi connectivity index (χ1v) is 6.86. The number of pyridine rings is 1. The Bertz CT molecular complexity index is 597. The van der Waals surface area contributed by atoms with Gasteiger partial charge < -0.3 is 15.8 Å². The Hall–Kier alpha value is -1.87. The Kier molecular flexibility index (Phi) is 4.17. The van der Waals surface area contributed by atoms with Crippen LogP contribution in [0.15, 0.2) is 32.9 Å². The summed E-state index contributed by atoms with van der Waals surface area (Å²) in [5, 5.41) is 21.3. The number of amidine groups is 1. The molecule has 0 fully saturated rings. The van der Waals surface area contributed by atoms with Crippen molar-refractivity contribution in [1.29, 1.82) is 0 Å². The van der Waals surface area contributed by atoms with Crippen LogP contribution in [0.4, 0.5) is 5.13 Å². The second kappa shape index (κ2) is 5.85. The predicted molar refractivity (Wildman–Crippen MR) is 75.1 cm³/mol. The molecule has 2 heterocycles. The van der Waals surface area contributed by atoms with Crippen LogP contribution in [0.2, 0.25) is 0 Å². The monoisotopic (exact) mass is 296 g/mol. The minimum Gasteiger partial charge on any atom is -0.409 e. The van der Waals surface area contributed by atoms with Crippen molar-refractivity contribution in [3.05, 3.63) is 23.9 Å². The lowest BCUT2D eigenvalue weighted by molar-refractivity contribution is 0.318. The van der Waals surface area contributed by atoms with Crippen LogP contribution in [0, 0.1) is 0 Å². The van der Waals surface area contributed by atoms with E-state index in [0.717, 1.165) is 9.47 Å². The van der Waals surface area contributed by atoms with Gasteiger partial charge in [-0.2, -0.15) is 0 Å². The molecular formula is C10H12N6OS2. The maximum absolute atomic E-state index is 8.75. The van der Waals surface area contributed by atoms with Crippen LogP contribution in [0.3, 0.4) is 0 Å². The zero-order valence-electron chi connectivity index (χ0n) is 10.3. The van der Waals surface area contributed by atoms with E-state index in [-0.39, 0.29) is 5.84 Å². The minimum atomic E-state index is 0.0212. The number of hydrogen-bond donors (Lipinski definition) is 2. The highest BCUT2D eigenvalue weighted by Gasteiger charge is 2.13. The van der Waals surface area contributed by atoms with Crippen molar-refractivity contribution in [2.45, 2.75) is 9.37 Å². The summed E-state index contributed by atoms with van der Waals surface area (Å²) in [5.41, 5.74) is 6.17.